The van der Waals surface area contributed by atoms with Crippen molar-refractivity contribution in [3.63, 3.8) is 0 Å². The number of carboxylic acids is 1. The van der Waals surface area contributed by atoms with Gasteiger partial charge in [-0.2, -0.15) is 0 Å². The zero-order valence-electron chi connectivity index (χ0n) is 8.12. The number of fused-ring (bicyclic) bond motifs is 1. The number of nitrogens with one attached hydrogen (secondary N) is 1. The first kappa shape index (κ1) is 10.9. The van der Waals surface area contributed by atoms with Gasteiger partial charge in [0.1, 0.15) is 5.75 Å². The molecule has 0 atom stereocenters. The van der Waals surface area contributed by atoms with Crippen molar-refractivity contribution in [2.75, 3.05) is 6.61 Å². The third-order valence-electron chi connectivity index (χ3n) is 2.20. The van der Waals surface area contributed by atoms with Gasteiger partial charge in [0.2, 0.25) is 0 Å². The summed E-state index contributed by atoms with van der Waals surface area (Å²) in [6.07, 6.45) is 0. The number of hydrogen-bond donors (Lipinski definition) is 2. The van der Waals surface area contributed by atoms with Gasteiger partial charge in [-0.15, -0.1) is 0 Å². The Bertz CT molecular complexity index is 472. The Morgan fingerprint density at radius 1 is 1.56 bits per heavy atom. The van der Waals surface area contributed by atoms with Crippen molar-refractivity contribution in [1.82, 2.24) is 5.32 Å². The average molecular weight is 286 g/mol. The molecule has 2 N–H and O–H groups in total. The summed E-state index contributed by atoms with van der Waals surface area (Å²) in [6.45, 7) is 0.0564. The first-order chi connectivity index (χ1) is 7.58. The van der Waals surface area contributed by atoms with Crippen molar-refractivity contribution in [3.8, 4) is 5.75 Å². The van der Waals surface area contributed by atoms with Crippen LogP contribution in [0.2, 0.25) is 0 Å². The van der Waals surface area contributed by atoms with Crippen LogP contribution in [0.15, 0.2) is 16.6 Å². The Labute approximate surface area is 99.5 Å². The maximum atomic E-state index is 11.4. The molecule has 0 unspecified atom stereocenters. The molecule has 1 heterocycles. The van der Waals surface area contributed by atoms with E-state index in [1.165, 1.54) is 0 Å². The largest absolute Gasteiger partial charge is 0.482 e. The van der Waals surface area contributed by atoms with Crippen molar-refractivity contribution in [3.05, 3.63) is 27.7 Å². The van der Waals surface area contributed by atoms with Crippen molar-refractivity contribution in [2.24, 2.45) is 0 Å². The van der Waals surface area contributed by atoms with Gasteiger partial charge in [0.05, 0.1) is 0 Å². The molecule has 2 rings (SSSR count). The molecule has 1 amide bonds. The van der Waals surface area contributed by atoms with Gasteiger partial charge in [-0.3, -0.25) is 4.79 Å². The predicted molar refractivity (Wildman–Crippen MR) is 58.4 cm³/mol. The molecule has 0 spiro atoms. The molecule has 0 saturated heterocycles. The summed E-state index contributed by atoms with van der Waals surface area (Å²) in [4.78, 5) is 21.7. The molecule has 0 aromatic heterocycles. The van der Waals surface area contributed by atoms with Crippen LogP contribution in [0.4, 0.5) is 0 Å². The van der Waals surface area contributed by atoms with Gasteiger partial charge in [0, 0.05) is 16.6 Å². The number of carbonyl (C=O) groups excluding carboxylic acids is 1. The molecule has 0 fully saturated rings. The summed E-state index contributed by atoms with van der Waals surface area (Å²) in [5.41, 5.74) is 1.39. The van der Waals surface area contributed by atoms with Crippen LogP contribution >= 0.6 is 15.9 Å². The van der Waals surface area contributed by atoms with Crippen LogP contribution in [0.5, 0.6) is 5.75 Å². The van der Waals surface area contributed by atoms with E-state index in [9.17, 15) is 9.59 Å². The van der Waals surface area contributed by atoms with Crippen LogP contribution in [0.25, 0.3) is 0 Å². The number of halogens is 1. The highest BCUT2D eigenvalue weighted by molar-refractivity contribution is 9.10. The fraction of sp³-hybridized carbons (Fsp3) is 0.200. The first-order valence-corrected chi connectivity index (χ1v) is 5.32. The third-order valence-corrected chi connectivity index (χ3v) is 2.91. The second-order valence-corrected chi connectivity index (χ2v) is 4.15. The molecule has 0 radical (unpaired) electrons. The van der Waals surface area contributed by atoms with E-state index in [2.05, 4.69) is 21.2 Å². The van der Waals surface area contributed by atoms with Crippen LogP contribution in [-0.2, 0) is 11.3 Å². The lowest BCUT2D eigenvalue weighted by Crippen LogP contribution is -2.12. The third kappa shape index (κ3) is 2.01. The van der Waals surface area contributed by atoms with Crippen LogP contribution in [0.3, 0.4) is 0 Å². The number of carbonyl (C=O) groups is 2. The van der Waals surface area contributed by atoms with E-state index in [-0.39, 0.29) is 5.91 Å². The van der Waals surface area contributed by atoms with E-state index in [1.807, 2.05) is 0 Å². The Balaban J connectivity index is 2.29. The maximum Gasteiger partial charge on any atom is 0.341 e. The number of carboxylic acid groups (broad SMARTS) is 1. The lowest BCUT2D eigenvalue weighted by molar-refractivity contribution is -0.139. The number of benzene rings is 1. The van der Waals surface area contributed by atoms with Gasteiger partial charge < -0.3 is 15.2 Å². The van der Waals surface area contributed by atoms with Crippen LogP contribution in [0.1, 0.15) is 15.9 Å². The number of amides is 1. The Hall–Kier alpha value is -1.56. The first-order valence-electron chi connectivity index (χ1n) is 4.53. The van der Waals surface area contributed by atoms with Crippen LogP contribution < -0.4 is 10.1 Å². The number of ether oxygens (including phenoxy) is 1. The summed E-state index contributed by atoms with van der Waals surface area (Å²) in [5.74, 6) is -0.859. The molecule has 16 heavy (non-hydrogen) atoms. The van der Waals surface area contributed by atoms with Gasteiger partial charge >= 0.3 is 5.97 Å². The van der Waals surface area contributed by atoms with Gasteiger partial charge in [-0.25, -0.2) is 4.79 Å². The molecule has 0 bridgehead atoms. The smallest absolute Gasteiger partial charge is 0.341 e. The normalized spacial score (nSPS) is 13.2. The molecule has 84 valence electrons. The summed E-state index contributed by atoms with van der Waals surface area (Å²) < 4.78 is 5.75. The molecule has 1 aliphatic heterocycles. The molecular formula is C10H8BrNO4. The van der Waals surface area contributed by atoms with E-state index >= 15 is 0 Å². The fourth-order valence-electron chi connectivity index (χ4n) is 1.49. The SMILES string of the molecule is O=C(O)COc1cc(Br)c2c(c1)C(=O)NC2. The molecule has 1 aromatic carbocycles. The Morgan fingerprint density at radius 3 is 3.00 bits per heavy atom. The lowest BCUT2D eigenvalue weighted by atomic mass is 10.1. The standard InChI is InChI=1S/C10H8BrNO4/c11-8-2-5(16-4-9(13)14)1-6-7(8)3-12-10(6)15/h1-2H,3-4H2,(H,12,15)(H,13,14). The second-order valence-electron chi connectivity index (χ2n) is 3.30. The van der Waals surface area contributed by atoms with Gasteiger partial charge in [-0.05, 0) is 17.7 Å². The van der Waals surface area contributed by atoms with Crippen molar-refractivity contribution < 1.29 is 19.4 Å². The predicted octanol–water partition coefficient (Wildman–Crippen LogP) is 1.16. The molecular weight excluding hydrogens is 278 g/mol. The number of hydrogen-bond acceptors (Lipinski definition) is 3. The Kier molecular flexibility index (Phi) is 2.82. The minimum absolute atomic E-state index is 0.170. The van der Waals surface area contributed by atoms with Gasteiger partial charge in [0.15, 0.2) is 6.61 Å². The zero-order chi connectivity index (χ0) is 11.7. The maximum absolute atomic E-state index is 11.4. The number of rotatable bonds is 3. The molecule has 1 aromatic rings. The van der Waals surface area contributed by atoms with E-state index in [4.69, 9.17) is 9.84 Å². The van der Waals surface area contributed by atoms with Crippen LogP contribution in [-0.4, -0.2) is 23.6 Å². The summed E-state index contributed by atoms with van der Waals surface area (Å²) in [7, 11) is 0. The van der Waals surface area contributed by atoms with Crippen molar-refractivity contribution in [2.45, 2.75) is 6.54 Å². The minimum Gasteiger partial charge on any atom is -0.482 e. The highest BCUT2D eigenvalue weighted by atomic mass is 79.9. The molecule has 5 nitrogen and oxygen atoms in total. The Morgan fingerprint density at radius 2 is 2.31 bits per heavy atom. The average Bonchev–Trinajstić information content (AvgIpc) is 2.58. The number of aliphatic carboxylic acids is 1. The summed E-state index contributed by atoms with van der Waals surface area (Å²) in [6, 6.07) is 3.20. The molecule has 6 heteroatoms. The van der Waals surface area contributed by atoms with E-state index in [0.29, 0.717) is 17.9 Å². The van der Waals surface area contributed by atoms with Gasteiger partial charge in [-0.1, -0.05) is 15.9 Å². The fourth-order valence-corrected chi connectivity index (χ4v) is 2.07. The summed E-state index contributed by atoms with van der Waals surface area (Å²) >= 11 is 3.31. The molecule has 1 aliphatic rings. The monoisotopic (exact) mass is 285 g/mol. The molecule has 0 aliphatic carbocycles. The van der Waals surface area contributed by atoms with Crippen LogP contribution in [0, 0.1) is 0 Å². The van der Waals surface area contributed by atoms with Crippen molar-refractivity contribution >= 4 is 27.8 Å². The summed E-state index contributed by atoms with van der Waals surface area (Å²) in [5, 5.41) is 11.2. The van der Waals surface area contributed by atoms with Crippen molar-refractivity contribution in [1.29, 1.82) is 0 Å². The lowest BCUT2D eigenvalue weighted by Gasteiger charge is -2.06. The quantitative estimate of drug-likeness (QED) is 0.874. The second kappa shape index (κ2) is 4.13. The minimum atomic E-state index is -1.05. The van der Waals surface area contributed by atoms with E-state index < -0.39 is 12.6 Å². The topological polar surface area (TPSA) is 75.6 Å². The molecule has 0 saturated carbocycles. The van der Waals surface area contributed by atoms with E-state index in [0.717, 1.165) is 10.0 Å². The zero-order valence-corrected chi connectivity index (χ0v) is 9.70. The van der Waals surface area contributed by atoms with Gasteiger partial charge in [0.25, 0.3) is 5.91 Å². The highest BCUT2D eigenvalue weighted by Crippen LogP contribution is 2.29. The highest BCUT2D eigenvalue weighted by Gasteiger charge is 2.22. The van der Waals surface area contributed by atoms with E-state index in [1.54, 1.807) is 12.1 Å².